The number of rotatable bonds is 4. The molecule has 100 valence electrons. The van der Waals surface area contributed by atoms with Crippen LogP contribution in [0.5, 0.6) is 0 Å². The molecule has 0 aromatic heterocycles. The summed E-state index contributed by atoms with van der Waals surface area (Å²) in [5.74, 6) is 1.38. The van der Waals surface area contributed by atoms with Crippen LogP contribution in [-0.4, -0.2) is 37.0 Å². The topological polar surface area (TPSA) is 32.3 Å². The second kappa shape index (κ2) is 6.39. The second-order valence-electron chi connectivity index (χ2n) is 5.93. The van der Waals surface area contributed by atoms with Crippen molar-refractivity contribution in [1.29, 1.82) is 0 Å². The number of likely N-dealkylation sites (N-methyl/N-ethyl adjacent to an activating group) is 1. The first kappa shape index (κ1) is 14.5. The van der Waals surface area contributed by atoms with Crippen molar-refractivity contribution in [2.75, 3.05) is 20.1 Å². The quantitative estimate of drug-likeness (QED) is 0.816. The van der Waals surface area contributed by atoms with Crippen molar-refractivity contribution in [3.05, 3.63) is 0 Å². The van der Waals surface area contributed by atoms with E-state index in [4.69, 9.17) is 0 Å². The van der Waals surface area contributed by atoms with E-state index in [2.05, 4.69) is 37.9 Å². The number of nitrogens with zero attached hydrogens (tertiary/aromatic N) is 1. The Kier molecular flexibility index (Phi) is 5.44. The summed E-state index contributed by atoms with van der Waals surface area (Å²) in [7, 11) is 1.99. The molecule has 1 amide bonds. The average molecular weight is 240 g/mol. The van der Waals surface area contributed by atoms with Gasteiger partial charge in [0.2, 0.25) is 5.91 Å². The van der Waals surface area contributed by atoms with Gasteiger partial charge in [-0.15, -0.1) is 0 Å². The van der Waals surface area contributed by atoms with Gasteiger partial charge in [0, 0.05) is 25.0 Å². The molecule has 0 radical (unpaired) electrons. The predicted molar refractivity (Wildman–Crippen MR) is 71.8 cm³/mol. The van der Waals surface area contributed by atoms with Crippen LogP contribution in [0.2, 0.25) is 0 Å². The maximum absolute atomic E-state index is 12.5. The van der Waals surface area contributed by atoms with Crippen molar-refractivity contribution in [2.24, 2.45) is 17.8 Å². The van der Waals surface area contributed by atoms with Crippen LogP contribution in [0.1, 0.15) is 40.5 Å². The van der Waals surface area contributed by atoms with Crippen molar-refractivity contribution < 1.29 is 4.79 Å². The summed E-state index contributed by atoms with van der Waals surface area (Å²) in [4.78, 5) is 14.6. The average Bonchev–Trinajstić information content (AvgIpc) is 2.28. The first-order valence-corrected chi connectivity index (χ1v) is 6.93. The van der Waals surface area contributed by atoms with Crippen LogP contribution in [0.3, 0.4) is 0 Å². The highest BCUT2D eigenvalue weighted by atomic mass is 16.2. The molecule has 0 aromatic rings. The highest BCUT2D eigenvalue weighted by Gasteiger charge is 2.31. The number of hydrogen-bond donors (Lipinski definition) is 1. The summed E-state index contributed by atoms with van der Waals surface area (Å²) < 4.78 is 0. The van der Waals surface area contributed by atoms with E-state index in [0.29, 0.717) is 23.8 Å². The molecule has 17 heavy (non-hydrogen) atoms. The lowest BCUT2D eigenvalue weighted by atomic mass is 9.84. The van der Waals surface area contributed by atoms with Gasteiger partial charge in [-0.3, -0.25) is 4.79 Å². The Bertz CT molecular complexity index is 243. The number of hydrogen-bond acceptors (Lipinski definition) is 2. The van der Waals surface area contributed by atoms with Gasteiger partial charge in [-0.05, 0) is 31.7 Å². The van der Waals surface area contributed by atoms with E-state index in [-0.39, 0.29) is 5.92 Å². The SMILES string of the molecule is CNC1CCCN(C(=O)C(C(C)C)C(C)C)C1. The third kappa shape index (κ3) is 3.70. The van der Waals surface area contributed by atoms with Crippen molar-refractivity contribution in [1.82, 2.24) is 10.2 Å². The van der Waals surface area contributed by atoms with E-state index in [9.17, 15) is 4.79 Å². The first-order valence-electron chi connectivity index (χ1n) is 6.93. The van der Waals surface area contributed by atoms with Gasteiger partial charge in [0.1, 0.15) is 0 Å². The Morgan fingerprint density at radius 3 is 2.29 bits per heavy atom. The lowest BCUT2D eigenvalue weighted by molar-refractivity contribution is -0.140. The molecule has 0 aromatic carbocycles. The van der Waals surface area contributed by atoms with Gasteiger partial charge >= 0.3 is 0 Å². The molecule has 1 saturated heterocycles. The van der Waals surface area contributed by atoms with Crippen molar-refractivity contribution in [3.63, 3.8) is 0 Å². The molecule has 0 aliphatic carbocycles. The van der Waals surface area contributed by atoms with E-state index < -0.39 is 0 Å². The summed E-state index contributed by atoms with van der Waals surface area (Å²) in [6.45, 7) is 10.4. The molecular weight excluding hydrogens is 212 g/mol. The first-order chi connectivity index (χ1) is 7.97. The Morgan fingerprint density at radius 1 is 1.24 bits per heavy atom. The lowest BCUT2D eigenvalue weighted by Crippen LogP contribution is -2.50. The molecule has 0 bridgehead atoms. The minimum atomic E-state index is 0.172. The fourth-order valence-corrected chi connectivity index (χ4v) is 2.96. The molecule has 0 spiro atoms. The smallest absolute Gasteiger partial charge is 0.226 e. The summed E-state index contributed by atoms with van der Waals surface area (Å²) in [6.07, 6.45) is 2.31. The van der Waals surface area contributed by atoms with Crippen molar-refractivity contribution in [3.8, 4) is 0 Å². The Labute approximate surface area is 106 Å². The fraction of sp³-hybridized carbons (Fsp3) is 0.929. The zero-order valence-corrected chi connectivity index (χ0v) is 12.0. The van der Waals surface area contributed by atoms with Crippen LogP contribution < -0.4 is 5.32 Å². The van der Waals surface area contributed by atoms with Gasteiger partial charge in [-0.1, -0.05) is 27.7 Å². The van der Waals surface area contributed by atoms with Gasteiger partial charge in [-0.2, -0.15) is 0 Å². The molecule has 3 nitrogen and oxygen atoms in total. The van der Waals surface area contributed by atoms with Gasteiger partial charge in [-0.25, -0.2) is 0 Å². The predicted octanol–water partition coefficient (Wildman–Crippen LogP) is 2.12. The summed E-state index contributed by atoms with van der Waals surface area (Å²) in [5, 5.41) is 3.29. The van der Waals surface area contributed by atoms with E-state index in [1.54, 1.807) is 0 Å². The van der Waals surface area contributed by atoms with E-state index in [1.807, 2.05) is 7.05 Å². The van der Waals surface area contributed by atoms with Crippen LogP contribution in [-0.2, 0) is 4.79 Å². The standard InChI is InChI=1S/C14H28N2O/c1-10(2)13(11(3)4)14(17)16-8-6-7-12(9-16)15-5/h10-13,15H,6-9H2,1-5H3. The summed E-state index contributed by atoms with van der Waals surface area (Å²) >= 11 is 0. The molecule has 1 fully saturated rings. The normalized spacial score (nSPS) is 21.6. The van der Waals surface area contributed by atoms with Gasteiger partial charge < -0.3 is 10.2 Å². The van der Waals surface area contributed by atoms with E-state index in [1.165, 1.54) is 6.42 Å². The molecule has 1 unspecified atom stereocenters. The van der Waals surface area contributed by atoms with Gasteiger partial charge in [0.25, 0.3) is 0 Å². The van der Waals surface area contributed by atoms with E-state index in [0.717, 1.165) is 19.5 Å². The summed E-state index contributed by atoms with van der Waals surface area (Å²) in [5.41, 5.74) is 0. The van der Waals surface area contributed by atoms with Crippen LogP contribution >= 0.6 is 0 Å². The zero-order chi connectivity index (χ0) is 13.0. The van der Waals surface area contributed by atoms with E-state index >= 15 is 0 Å². The van der Waals surface area contributed by atoms with Crippen molar-refractivity contribution >= 4 is 5.91 Å². The molecule has 1 atom stereocenters. The molecule has 0 saturated carbocycles. The van der Waals surface area contributed by atoms with Crippen LogP contribution in [0.4, 0.5) is 0 Å². The largest absolute Gasteiger partial charge is 0.341 e. The third-order valence-electron chi connectivity index (χ3n) is 3.86. The number of carbonyl (C=O) groups excluding carboxylic acids is 1. The molecule has 1 rings (SSSR count). The Balaban J connectivity index is 2.67. The maximum atomic E-state index is 12.5. The molecule has 1 heterocycles. The molecule has 3 heteroatoms. The fourth-order valence-electron chi connectivity index (χ4n) is 2.96. The van der Waals surface area contributed by atoms with Crippen LogP contribution in [0.15, 0.2) is 0 Å². The maximum Gasteiger partial charge on any atom is 0.226 e. The molecule has 1 aliphatic heterocycles. The molecular formula is C14H28N2O. The third-order valence-corrected chi connectivity index (χ3v) is 3.86. The number of piperidine rings is 1. The Hall–Kier alpha value is -0.570. The molecule has 1 N–H and O–H groups in total. The number of amides is 1. The lowest BCUT2D eigenvalue weighted by Gasteiger charge is -2.37. The second-order valence-corrected chi connectivity index (χ2v) is 5.93. The monoisotopic (exact) mass is 240 g/mol. The van der Waals surface area contributed by atoms with Crippen LogP contribution in [0.25, 0.3) is 0 Å². The van der Waals surface area contributed by atoms with Gasteiger partial charge in [0.05, 0.1) is 0 Å². The van der Waals surface area contributed by atoms with Crippen molar-refractivity contribution in [2.45, 2.75) is 46.6 Å². The van der Waals surface area contributed by atoms with Gasteiger partial charge in [0.15, 0.2) is 0 Å². The number of likely N-dealkylation sites (tertiary alicyclic amines) is 1. The number of carbonyl (C=O) groups is 1. The molecule has 1 aliphatic rings. The highest BCUT2D eigenvalue weighted by molar-refractivity contribution is 5.79. The zero-order valence-electron chi connectivity index (χ0n) is 12.0. The van der Waals surface area contributed by atoms with Crippen LogP contribution in [0, 0.1) is 17.8 Å². The summed E-state index contributed by atoms with van der Waals surface area (Å²) in [6, 6.07) is 0.479. The minimum Gasteiger partial charge on any atom is -0.341 e. The number of nitrogens with one attached hydrogen (secondary N) is 1. The Morgan fingerprint density at radius 2 is 1.82 bits per heavy atom. The highest BCUT2D eigenvalue weighted by Crippen LogP contribution is 2.24. The minimum absolute atomic E-state index is 0.172.